The smallest absolute Gasteiger partial charge is 0.317 e. The Balaban J connectivity index is 2.25. The summed E-state index contributed by atoms with van der Waals surface area (Å²) in [6.45, 7) is 4.61. The highest BCUT2D eigenvalue weighted by Crippen LogP contribution is 2.37. The van der Waals surface area contributed by atoms with Crippen LogP contribution in [0.3, 0.4) is 0 Å². The number of hydrogen-bond donors (Lipinski definition) is 0. The van der Waals surface area contributed by atoms with E-state index in [2.05, 4.69) is 9.98 Å². The van der Waals surface area contributed by atoms with E-state index in [0.717, 1.165) is 5.57 Å². The van der Waals surface area contributed by atoms with Crippen molar-refractivity contribution in [3.63, 3.8) is 0 Å². The van der Waals surface area contributed by atoms with Crippen LogP contribution in [0.25, 0.3) is 0 Å². The van der Waals surface area contributed by atoms with Crippen LogP contribution < -0.4 is 0 Å². The van der Waals surface area contributed by atoms with Gasteiger partial charge in [0.25, 0.3) is 0 Å². The number of amidine groups is 1. The summed E-state index contributed by atoms with van der Waals surface area (Å²) < 4.78 is 80.3. The van der Waals surface area contributed by atoms with E-state index in [0.29, 0.717) is 48.8 Å². The standard InChI is InChI=1S/C21H20ClF6N3/c1-12-6-13(2)18(17(22)7-12)30-19(31-5-3-4-29-11-31)14-8-15(20(23,24)25)10-16(9-14)21(26,27)28/h7-11,13H,3-6H2,1-2H3. The number of nitrogens with zero attached hydrogens (tertiary/aromatic N) is 3. The summed E-state index contributed by atoms with van der Waals surface area (Å²) in [6, 6.07) is 1.46. The van der Waals surface area contributed by atoms with Crippen LogP contribution in [0.15, 0.2) is 50.6 Å². The lowest BCUT2D eigenvalue weighted by molar-refractivity contribution is -0.143. The summed E-state index contributed by atoms with van der Waals surface area (Å²) in [7, 11) is 0. The zero-order chi connectivity index (χ0) is 23.0. The summed E-state index contributed by atoms with van der Waals surface area (Å²) in [6.07, 6.45) is -5.60. The first kappa shape index (κ1) is 23.4. The molecule has 1 heterocycles. The Hall–Kier alpha value is -2.29. The van der Waals surface area contributed by atoms with Crippen molar-refractivity contribution in [2.45, 2.75) is 39.0 Å². The maximum absolute atomic E-state index is 13.4. The molecule has 1 unspecified atom stereocenters. The van der Waals surface area contributed by atoms with Gasteiger partial charge in [0.15, 0.2) is 0 Å². The van der Waals surface area contributed by atoms with Gasteiger partial charge >= 0.3 is 12.4 Å². The fourth-order valence-electron chi connectivity index (χ4n) is 3.53. The van der Waals surface area contributed by atoms with Crippen LogP contribution in [0.2, 0.25) is 0 Å². The summed E-state index contributed by atoms with van der Waals surface area (Å²) in [5.74, 6) is -0.199. The lowest BCUT2D eigenvalue weighted by Gasteiger charge is -2.27. The monoisotopic (exact) mass is 463 g/mol. The van der Waals surface area contributed by atoms with E-state index >= 15 is 0 Å². The Morgan fingerprint density at radius 2 is 1.71 bits per heavy atom. The molecule has 0 saturated heterocycles. The molecule has 1 aromatic carbocycles. The third kappa shape index (κ3) is 5.50. The molecule has 0 spiro atoms. The average Bonchev–Trinajstić information content (AvgIpc) is 2.66. The van der Waals surface area contributed by atoms with E-state index in [-0.39, 0.29) is 23.4 Å². The quantitative estimate of drug-likeness (QED) is 0.274. The molecule has 3 nitrogen and oxygen atoms in total. The molecule has 0 N–H and O–H groups in total. The number of hydrogen-bond acceptors (Lipinski definition) is 2. The number of alkyl halides is 6. The van der Waals surface area contributed by atoms with Gasteiger partial charge in [0.1, 0.15) is 5.84 Å². The fraction of sp³-hybridized carbons (Fsp3) is 0.429. The topological polar surface area (TPSA) is 28.0 Å². The molecule has 1 aliphatic heterocycles. The first-order valence-corrected chi connectivity index (χ1v) is 9.96. The molecule has 0 fully saturated rings. The number of aliphatic imine (C=N–C) groups is 2. The molecular weight excluding hydrogens is 444 g/mol. The second kappa shape index (κ2) is 8.68. The van der Waals surface area contributed by atoms with Crippen LogP contribution in [0, 0.1) is 5.92 Å². The predicted octanol–water partition coefficient (Wildman–Crippen LogP) is 6.64. The van der Waals surface area contributed by atoms with Crippen LogP contribution in [0.4, 0.5) is 26.3 Å². The van der Waals surface area contributed by atoms with Gasteiger partial charge in [-0.2, -0.15) is 26.3 Å². The summed E-state index contributed by atoms with van der Waals surface area (Å²) >= 11 is 6.33. The molecule has 1 aromatic rings. The van der Waals surface area contributed by atoms with E-state index in [4.69, 9.17) is 11.6 Å². The van der Waals surface area contributed by atoms with Gasteiger partial charge < -0.3 is 4.90 Å². The van der Waals surface area contributed by atoms with Gasteiger partial charge in [-0.25, -0.2) is 4.99 Å². The van der Waals surface area contributed by atoms with Gasteiger partial charge in [-0.1, -0.05) is 24.1 Å². The molecule has 0 bridgehead atoms. The maximum atomic E-state index is 13.4. The minimum atomic E-state index is -4.95. The molecule has 31 heavy (non-hydrogen) atoms. The van der Waals surface area contributed by atoms with Crippen LogP contribution in [0.1, 0.15) is 43.4 Å². The minimum Gasteiger partial charge on any atom is -0.317 e. The van der Waals surface area contributed by atoms with Crippen LogP contribution in [-0.2, 0) is 12.4 Å². The SMILES string of the molecule is CC1=CC(Cl)=C(N=C(c2cc(C(F)(F)F)cc(C(F)(F)F)c2)N2C=NCCC2)C(C)C1. The molecule has 0 amide bonds. The molecule has 0 saturated carbocycles. The van der Waals surface area contributed by atoms with Gasteiger partial charge in [0, 0.05) is 24.6 Å². The van der Waals surface area contributed by atoms with Gasteiger partial charge in [-0.05, 0) is 44.0 Å². The zero-order valence-electron chi connectivity index (χ0n) is 16.8. The highest BCUT2D eigenvalue weighted by molar-refractivity contribution is 6.31. The van der Waals surface area contributed by atoms with Crippen LogP contribution in [-0.4, -0.2) is 30.2 Å². The molecule has 3 rings (SSSR count). The number of allylic oxidation sites excluding steroid dienone is 4. The molecule has 2 aliphatic rings. The van der Waals surface area contributed by atoms with Crippen LogP contribution >= 0.6 is 11.6 Å². The second-order valence-corrected chi connectivity index (χ2v) is 8.03. The van der Waals surface area contributed by atoms with Crippen molar-refractivity contribution in [3.8, 4) is 0 Å². The van der Waals surface area contributed by atoms with Crippen molar-refractivity contribution in [2.24, 2.45) is 15.9 Å². The van der Waals surface area contributed by atoms with E-state index in [9.17, 15) is 26.3 Å². The van der Waals surface area contributed by atoms with E-state index < -0.39 is 23.5 Å². The number of benzene rings is 1. The molecule has 1 atom stereocenters. The average molecular weight is 464 g/mol. The molecule has 10 heteroatoms. The van der Waals surface area contributed by atoms with E-state index in [1.165, 1.54) is 11.2 Å². The maximum Gasteiger partial charge on any atom is 0.416 e. The Morgan fingerprint density at radius 3 is 2.19 bits per heavy atom. The first-order chi connectivity index (χ1) is 14.4. The molecule has 0 radical (unpaired) electrons. The van der Waals surface area contributed by atoms with E-state index in [1.807, 2.05) is 13.8 Å². The normalized spacial score (nSPS) is 20.9. The highest BCUT2D eigenvalue weighted by atomic mass is 35.5. The summed E-state index contributed by atoms with van der Waals surface area (Å²) in [4.78, 5) is 10.1. The van der Waals surface area contributed by atoms with Crippen molar-refractivity contribution in [2.75, 3.05) is 13.1 Å². The van der Waals surface area contributed by atoms with Gasteiger partial charge in [0.05, 0.1) is 28.2 Å². The second-order valence-electron chi connectivity index (χ2n) is 7.63. The minimum absolute atomic E-state index is 0.0481. The fourth-order valence-corrected chi connectivity index (χ4v) is 3.94. The first-order valence-electron chi connectivity index (χ1n) is 9.58. The molecule has 1 aliphatic carbocycles. The predicted molar refractivity (Wildman–Crippen MR) is 108 cm³/mol. The lowest BCUT2D eigenvalue weighted by atomic mass is 9.93. The van der Waals surface area contributed by atoms with Gasteiger partial charge in [0.2, 0.25) is 0 Å². The van der Waals surface area contributed by atoms with Crippen molar-refractivity contribution in [1.29, 1.82) is 0 Å². The van der Waals surface area contributed by atoms with Gasteiger partial charge in [-0.15, -0.1) is 0 Å². The molecule has 168 valence electrons. The summed E-state index contributed by atoms with van der Waals surface area (Å²) in [5.41, 5.74) is -1.67. The third-order valence-electron chi connectivity index (χ3n) is 4.96. The van der Waals surface area contributed by atoms with Crippen molar-refractivity contribution < 1.29 is 26.3 Å². The largest absolute Gasteiger partial charge is 0.416 e. The molecular formula is C21H20ClF6N3. The number of halogens is 7. The summed E-state index contributed by atoms with van der Waals surface area (Å²) in [5, 5.41) is 0.311. The van der Waals surface area contributed by atoms with E-state index in [1.54, 1.807) is 6.08 Å². The number of rotatable bonds is 2. The van der Waals surface area contributed by atoms with Gasteiger partial charge in [-0.3, -0.25) is 4.99 Å². The Labute approximate surface area is 180 Å². The third-order valence-corrected chi connectivity index (χ3v) is 5.27. The van der Waals surface area contributed by atoms with Crippen molar-refractivity contribution >= 4 is 23.8 Å². The zero-order valence-corrected chi connectivity index (χ0v) is 17.5. The van der Waals surface area contributed by atoms with Crippen LogP contribution in [0.5, 0.6) is 0 Å². The highest BCUT2D eigenvalue weighted by Gasteiger charge is 2.38. The van der Waals surface area contributed by atoms with Crippen molar-refractivity contribution in [3.05, 3.63) is 57.3 Å². The molecule has 0 aromatic heterocycles. The Morgan fingerprint density at radius 1 is 1.10 bits per heavy atom. The van der Waals surface area contributed by atoms with Crippen molar-refractivity contribution in [1.82, 2.24) is 4.90 Å². The lowest BCUT2D eigenvalue weighted by Crippen LogP contribution is -2.35. The Bertz CT molecular complexity index is 940. The Kier molecular flexibility index (Phi) is 6.55.